The Bertz CT molecular complexity index is 1250. The molecule has 8 heteroatoms. The summed E-state index contributed by atoms with van der Waals surface area (Å²) in [6.45, 7) is 0.649. The fourth-order valence-electron chi connectivity index (χ4n) is 2.99. The Hall–Kier alpha value is -3.10. The van der Waals surface area contributed by atoms with E-state index in [0.717, 1.165) is 22.5 Å². The maximum absolute atomic E-state index is 10.0. The second-order valence-corrected chi connectivity index (χ2v) is 8.30. The van der Waals surface area contributed by atoms with Gasteiger partial charge in [0, 0.05) is 11.9 Å². The minimum Gasteiger partial charge on any atom is -0.503 e. The lowest BCUT2D eigenvalue weighted by atomic mass is 10.2. The average Bonchev–Trinajstić information content (AvgIpc) is 3.45. The first-order valence-corrected chi connectivity index (χ1v) is 11.2. The first-order valence-electron chi connectivity index (χ1n) is 9.55. The molecule has 0 aliphatic heterocycles. The molecule has 31 heavy (non-hydrogen) atoms. The molecule has 4 rings (SSSR count). The minimum atomic E-state index is 0.0516. The van der Waals surface area contributed by atoms with Gasteiger partial charge in [0.1, 0.15) is 5.69 Å². The zero-order valence-electron chi connectivity index (χ0n) is 16.7. The fourth-order valence-corrected chi connectivity index (χ4v) is 4.29. The molecule has 0 fully saturated rings. The van der Waals surface area contributed by atoms with Gasteiger partial charge in [-0.1, -0.05) is 30.3 Å². The van der Waals surface area contributed by atoms with Crippen molar-refractivity contribution >= 4 is 33.5 Å². The quantitative estimate of drug-likeness (QED) is 0.351. The zero-order valence-corrected chi connectivity index (χ0v) is 19.1. The molecule has 0 radical (unpaired) electrons. The van der Waals surface area contributed by atoms with Crippen LogP contribution in [-0.4, -0.2) is 29.7 Å². The van der Waals surface area contributed by atoms with Gasteiger partial charge in [0.05, 0.1) is 24.1 Å². The minimum absolute atomic E-state index is 0.0516. The molecule has 1 N–H and O–H groups in total. The number of nitrogens with zero attached hydrogens (tertiary/aromatic N) is 3. The predicted molar refractivity (Wildman–Crippen MR) is 126 cm³/mol. The number of aromatic nitrogens is 1. The highest BCUT2D eigenvalue weighted by atomic mass is 79.9. The third-order valence-corrected chi connectivity index (χ3v) is 6.00. The number of phenols is 1. The Morgan fingerprint density at radius 2 is 2.03 bits per heavy atom. The summed E-state index contributed by atoms with van der Waals surface area (Å²) in [4.78, 5) is 5.53. The molecule has 4 aromatic rings. The molecular formula is C23H20BrN3O3S. The molecule has 0 atom stereocenters. The third kappa shape index (κ3) is 4.98. The molecule has 2 aromatic carbocycles. The van der Waals surface area contributed by atoms with E-state index in [1.54, 1.807) is 29.3 Å². The molecule has 158 valence electrons. The van der Waals surface area contributed by atoms with E-state index < -0.39 is 0 Å². The number of phenolic OH excluding ortho intramolecular Hbond substituents is 1. The summed E-state index contributed by atoms with van der Waals surface area (Å²) in [5.41, 5.74) is 2.82. The average molecular weight is 498 g/mol. The normalized spacial score (nSPS) is 12.0. The molecule has 0 aliphatic rings. The maximum Gasteiger partial charge on any atom is 0.206 e. The fraction of sp³-hybridized carbons (Fsp3) is 0.130. The van der Waals surface area contributed by atoms with Crippen molar-refractivity contribution < 1.29 is 14.3 Å². The van der Waals surface area contributed by atoms with Gasteiger partial charge in [0.2, 0.25) is 4.80 Å². The summed E-state index contributed by atoms with van der Waals surface area (Å²) in [6, 6.07) is 17.5. The van der Waals surface area contributed by atoms with Crippen molar-refractivity contribution in [2.45, 2.75) is 6.42 Å². The summed E-state index contributed by atoms with van der Waals surface area (Å²) in [6.07, 6.45) is 4.18. The van der Waals surface area contributed by atoms with E-state index in [9.17, 15) is 5.11 Å². The van der Waals surface area contributed by atoms with E-state index in [2.05, 4.69) is 33.2 Å². The monoisotopic (exact) mass is 497 g/mol. The Balaban J connectivity index is 1.68. The van der Waals surface area contributed by atoms with Crippen LogP contribution >= 0.6 is 27.3 Å². The van der Waals surface area contributed by atoms with Crippen LogP contribution in [0.15, 0.2) is 85.2 Å². The van der Waals surface area contributed by atoms with Crippen LogP contribution in [-0.2, 0) is 6.42 Å². The van der Waals surface area contributed by atoms with Gasteiger partial charge in [-0.25, -0.2) is 4.68 Å². The lowest BCUT2D eigenvalue weighted by Gasteiger charge is -2.06. The molecule has 0 saturated carbocycles. The SMILES string of the molecule is COc1cc(C=Nn2c(-c3ccco3)csc2=NCCc2ccccc2)cc(Br)c1O. The van der Waals surface area contributed by atoms with E-state index in [1.807, 2.05) is 35.7 Å². The van der Waals surface area contributed by atoms with Gasteiger partial charge in [-0.05, 0) is 57.7 Å². The number of thiazole rings is 1. The van der Waals surface area contributed by atoms with Crippen molar-refractivity contribution in [1.29, 1.82) is 0 Å². The molecule has 0 spiro atoms. The van der Waals surface area contributed by atoms with Gasteiger partial charge in [-0.15, -0.1) is 11.3 Å². The molecule has 0 amide bonds. The van der Waals surface area contributed by atoms with Crippen LogP contribution < -0.4 is 9.54 Å². The molecule has 0 saturated heterocycles. The summed E-state index contributed by atoms with van der Waals surface area (Å²) >= 11 is 4.85. The van der Waals surface area contributed by atoms with Crippen LogP contribution in [0, 0.1) is 0 Å². The van der Waals surface area contributed by atoms with Crippen molar-refractivity contribution in [3.8, 4) is 23.0 Å². The number of aromatic hydroxyl groups is 1. The molecular weight excluding hydrogens is 478 g/mol. The van der Waals surface area contributed by atoms with Gasteiger partial charge in [-0.3, -0.25) is 4.99 Å². The van der Waals surface area contributed by atoms with E-state index in [4.69, 9.17) is 14.1 Å². The van der Waals surface area contributed by atoms with Crippen molar-refractivity contribution in [1.82, 2.24) is 4.68 Å². The lowest BCUT2D eigenvalue weighted by molar-refractivity contribution is 0.372. The molecule has 0 unspecified atom stereocenters. The van der Waals surface area contributed by atoms with Crippen molar-refractivity contribution in [2.24, 2.45) is 10.1 Å². The highest BCUT2D eigenvalue weighted by Gasteiger charge is 2.11. The van der Waals surface area contributed by atoms with Gasteiger partial charge in [0.25, 0.3) is 0 Å². The molecule has 6 nitrogen and oxygen atoms in total. The zero-order chi connectivity index (χ0) is 21.6. The van der Waals surface area contributed by atoms with Gasteiger partial charge in [0.15, 0.2) is 17.3 Å². The maximum atomic E-state index is 10.0. The first kappa shape index (κ1) is 21.1. The van der Waals surface area contributed by atoms with Crippen LogP contribution in [0.25, 0.3) is 11.5 Å². The summed E-state index contributed by atoms with van der Waals surface area (Å²) in [5.74, 6) is 1.13. The molecule has 0 bridgehead atoms. The lowest BCUT2D eigenvalue weighted by Crippen LogP contribution is -2.13. The second kappa shape index (κ2) is 9.80. The Kier molecular flexibility index (Phi) is 6.69. The Labute approximate surface area is 191 Å². The summed E-state index contributed by atoms with van der Waals surface area (Å²) < 4.78 is 13.1. The predicted octanol–water partition coefficient (Wildman–Crippen LogP) is 5.31. The number of ether oxygens (including phenoxy) is 1. The summed E-state index contributed by atoms with van der Waals surface area (Å²) in [5, 5.41) is 16.7. The van der Waals surface area contributed by atoms with Crippen molar-refractivity contribution in [3.63, 3.8) is 0 Å². The molecule has 0 aliphatic carbocycles. The van der Waals surface area contributed by atoms with Gasteiger partial charge in [-0.2, -0.15) is 5.10 Å². The van der Waals surface area contributed by atoms with E-state index >= 15 is 0 Å². The van der Waals surface area contributed by atoms with E-state index in [-0.39, 0.29) is 5.75 Å². The number of halogens is 1. The highest BCUT2D eigenvalue weighted by Crippen LogP contribution is 2.34. The third-order valence-electron chi connectivity index (χ3n) is 4.54. The van der Waals surface area contributed by atoms with Gasteiger partial charge < -0.3 is 14.3 Å². The number of rotatable bonds is 7. The van der Waals surface area contributed by atoms with E-state index in [1.165, 1.54) is 24.0 Å². The second-order valence-electron chi connectivity index (χ2n) is 6.61. The van der Waals surface area contributed by atoms with Crippen molar-refractivity contribution in [2.75, 3.05) is 13.7 Å². The smallest absolute Gasteiger partial charge is 0.206 e. The molecule has 2 heterocycles. The van der Waals surface area contributed by atoms with Gasteiger partial charge >= 0.3 is 0 Å². The van der Waals surface area contributed by atoms with E-state index in [0.29, 0.717) is 22.5 Å². The molecule has 2 aromatic heterocycles. The van der Waals surface area contributed by atoms with Crippen LogP contribution in [0.5, 0.6) is 11.5 Å². The first-order chi connectivity index (χ1) is 15.2. The largest absolute Gasteiger partial charge is 0.503 e. The Morgan fingerprint density at radius 3 is 2.77 bits per heavy atom. The highest BCUT2D eigenvalue weighted by molar-refractivity contribution is 9.10. The van der Waals surface area contributed by atoms with Crippen LogP contribution in [0.1, 0.15) is 11.1 Å². The number of hydrogen-bond donors (Lipinski definition) is 1. The summed E-state index contributed by atoms with van der Waals surface area (Å²) in [7, 11) is 1.51. The number of benzene rings is 2. The van der Waals surface area contributed by atoms with Crippen molar-refractivity contribution in [3.05, 3.63) is 86.6 Å². The van der Waals surface area contributed by atoms with Crippen LogP contribution in [0.2, 0.25) is 0 Å². The number of hydrogen-bond acceptors (Lipinski definition) is 6. The topological polar surface area (TPSA) is 72.2 Å². The standard InChI is InChI=1S/C23H20BrN3O3S/c1-29-21-13-17(12-18(24)22(21)28)14-26-27-19(20-8-5-11-30-20)15-31-23(27)25-10-9-16-6-3-2-4-7-16/h2-8,11-15,28H,9-10H2,1H3. The Morgan fingerprint density at radius 1 is 1.19 bits per heavy atom. The number of furan rings is 1. The van der Waals surface area contributed by atoms with Crippen LogP contribution in [0.3, 0.4) is 0 Å². The number of methoxy groups -OCH3 is 1. The van der Waals surface area contributed by atoms with Crippen LogP contribution in [0.4, 0.5) is 0 Å².